The molecule has 0 bridgehead atoms. The highest BCUT2D eigenvalue weighted by molar-refractivity contribution is 5.77. The van der Waals surface area contributed by atoms with Crippen LogP contribution in [-0.2, 0) is 17.8 Å². The molecule has 3 rings (SSSR count). The predicted molar refractivity (Wildman–Crippen MR) is 90.5 cm³/mol. The van der Waals surface area contributed by atoms with Gasteiger partial charge in [0.05, 0.1) is 5.69 Å². The first-order valence-electron chi connectivity index (χ1n) is 8.84. The van der Waals surface area contributed by atoms with Crippen molar-refractivity contribution in [1.29, 1.82) is 0 Å². The Hall–Kier alpha value is -2.11. The van der Waals surface area contributed by atoms with Gasteiger partial charge in [-0.2, -0.15) is 5.10 Å². The molecule has 2 aromatic heterocycles. The van der Waals surface area contributed by atoms with Gasteiger partial charge in [-0.1, -0.05) is 5.16 Å². The zero-order valence-corrected chi connectivity index (χ0v) is 14.6. The number of hydrogen-bond acceptors (Lipinski definition) is 4. The molecule has 0 spiro atoms. The summed E-state index contributed by atoms with van der Waals surface area (Å²) in [4.78, 5) is 14.8. The quantitative estimate of drug-likeness (QED) is 0.817. The van der Waals surface area contributed by atoms with Crippen molar-refractivity contribution >= 4 is 5.91 Å². The van der Waals surface area contributed by atoms with E-state index in [1.54, 1.807) is 6.20 Å². The molecule has 0 radical (unpaired) electrons. The molecule has 130 valence electrons. The highest BCUT2D eigenvalue weighted by Crippen LogP contribution is 2.22. The molecule has 6 nitrogen and oxygen atoms in total. The Balaban J connectivity index is 1.56. The van der Waals surface area contributed by atoms with Crippen LogP contribution in [0.25, 0.3) is 0 Å². The van der Waals surface area contributed by atoms with Crippen LogP contribution >= 0.6 is 0 Å². The summed E-state index contributed by atoms with van der Waals surface area (Å²) in [6.45, 7) is 5.59. The zero-order valence-electron chi connectivity index (χ0n) is 14.6. The van der Waals surface area contributed by atoms with Crippen molar-refractivity contribution in [2.45, 2.75) is 65.0 Å². The van der Waals surface area contributed by atoms with Crippen LogP contribution < -0.4 is 0 Å². The molecule has 1 atom stereocenters. The molecule has 24 heavy (non-hydrogen) atoms. The lowest BCUT2D eigenvalue weighted by Gasteiger charge is -2.36. The summed E-state index contributed by atoms with van der Waals surface area (Å²) in [7, 11) is 0. The Morgan fingerprint density at radius 1 is 1.38 bits per heavy atom. The molecular weight excluding hydrogens is 304 g/mol. The summed E-state index contributed by atoms with van der Waals surface area (Å²) in [5.74, 6) is 1.08. The Kier molecular flexibility index (Phi) is 5.33. The van der Waals surface area contributed by atoms with Crippen molar-refractivity contribution in [1.82, 2.24) is 19.8 Å². The Labute approximate surface area is 142 Å². The maximum Gasteiger partial charge on any atom is 0.223 e. The van der Waals surface area contributed by atoms with Gasteiger partial charge in [0.1, 0.15) is 5.76 Å². The summed E-state index contributed by atoms with van der Waals surface area (Å²) < 4.78 is 7.14. The lowest BCUT2D eigenvalue weighted by Crippen LogP contribution is -2.44. The summed E-state index contributed by atoms with van der Waals surface area (Å²) in [6, 6.07) is 2.27. The van der Waals surface area contributed by atoms with Gasteiger partial charge in [-0.3, -0.25) is 9.48 Å². The second-order valence-electron chi connectivity index (χ2n) is 6.60. The van der Waals surface area contributed by atoms with Gasteiger partial charge in [0.2, 0.25) is 5.91 Å². The number of aryl methyl sites for hydroxylation is 3. The summed E-state index contributed by atoms with van der Waals surface area (Å²) in [5, 5.41) is 8.23. The van der Waals surface area contributed by atoms with E-state index in [0.29, 0.717) is 18.9 Å². The highest BCUT2D eigenvalue weighted by atomic mass is 16.5. The van der Waals surface area contributed by atoms with Crippen LogP contribution in [0, 0.1) is 13.8 Å². The second-order valence-corrected chi connectivity index (χ2v) is 6.60. The van der Waals surface area contributed by atoms with Gasteiger partial charge >= 0.3 is 0 Å². The fourth-order valence-corrected chi connectivity index (χ4v) is 3.58. The number of amides is 1. The average Bonchev–Trinajstić information content (AvgIpc) is 3.22. The standard InChI is InChI=1S/C18H26N4O2/c1-14-17(15(2)24-20-14)7-8-18(23)22-12-4-3-6-16(22)9-13-21-11-5-10-19-21/h5,10-11,16H,3-4,6-9,12-13H2,1-2H3. The van der Waals surface area contributed by atoms with Gasteiger partial charge in [-0.15, -0.1) is 0 Å². The average molecular weight is 330 g/mol. The number of piperidine rings is 1. The molecule has 0 saturated carbocycles. The number of carbonyl (C=O) groups excluding carboxylic acids is 1. The Morgan fingerprint density at radius 3 is 2.96 bits per heavy atom. The molecule has 1 saturated heterocycles. The van der Waals surface area contributed by atoms with Crippen molar-refractivity contribution in [3.63, 3.8) is 0 Å². The molecule has 2 aromatic rings. The number of likely N-dealkylation sites (tertiary alicyclic amines) is 1. The number of hydrogen-bond donors (Lipinski definition) is 0. The normalized spacial score (nSPS) is 18.1. The number of carbonyl (C=O) groups is 1. The third kappa shape index (κ3) is 3.86. The zero-order chi connectivity index (χ0) is 16.9. The fraction of sp³-hybridized carbons (Fsp3) is 0.611. The van der Waals surface area contributed by atoms with Gasteiger partial charge < -0.3 is 9.42 Å². The molecule has 1 amide bonds. The maximum atomic E-state index is 12.7. The first-order chi connectivity index (χ1) is 11.6. The van der Waals surface area contributed by atoms with Crippen LogP contribution in [0.4, 0.5) is 0 Å². The highest BCUT2D eigenvalue weighted by Gasteiger charge is 2.26. The predicted octanol–water partition coefficient (Wildman–Crippen LogP) is 2.89. The van der Waals surface area contributed by atoms with Crippen LogP contribution in [0.15, 0.2) is 23.0 Å². The van der Waals surface area contributed by atoms with Crippen LogP contribution in [-0.4, -0.2) is 38.3 Å². The second kappa shape index (κ2) is 7.64. The van der Waals surface area contributed by atoms with Crippen molar-refractivity contribution in [2.75, 3.05) is 6.54 Å². The van der Waals surface area contributed by atoms with E-state index in [1.807, 2.05) is 30.8 Å². The largest absolute Gasteiger partial charge is 0.361 e. The maximum absolute atomic E-state index is 12.7. The van der Waals surface area contributed by atoms with Crippen molar-refractivity contribution in [3.8, 4) is 0 Å². The third-order valence-electron chi connectivity index (χ3n) is 4.97. The molecule has 0 aliphatic carbocycles. The van der Waals surface area contributed by atoms with E-state index in [0.717, 1.165) is 49.4 Å². The molecule has 6 heteroatoms. The van der Waals surface area contributed by atoms with Crippen LogP contribution in [0.2, 0.25) is 0 Å². The van der Waals surface area contributed by atoms with Gasteiger partial charge in [0.25, 0.3) is 0 Å². The van der Waals surface area contributed by atoms with E-state index in [-0.39, 0.29) is 5.91 Å². The SMILES string of the molecule is Cc1noc(C)c1CCC(=O)N1CCCCC1CCn1cccn1. The lowest BCUT2D eigenvalue weighted by molar-refractivity contribution is -0.135. The monoisotopic (exact) mass is 330 g/mol. The fourth-order valence-electron chi connectivity index (χ4n) is 3.58. The lowest BCUT2D eigenvalue weighted by atomic mass is 9.98. The first-order valence-corrected chi connectivity index (χ1v) is 8.84. The molecule has 1 aliphatic heterocycles. The summed E-state index contributed by atoms with van der Waals surface area (Å²) in [6.07, 6.45) is 9.40. The van der Waals surface area contributed by atoms with Crippen LogP contribution in [0.5, 0.6) is 0 Å². The minimum Gasteiger partial charge on any atom is -0.361 e. The summed E-state index contributed by atoms with van der Waals surface area (Å²) >= 11 is 0. The first kappa shape index (κ1) is 16.7. The Morgan fingerprint density at radius 2 is 2.25 bits per heavy atom. The van der Waals surface area contributed by atoms with Crippen molar-refractivity contribution in [3.05, 3.63) is 35.5 Å². The number of aromatic nitrogens is 3. The van der Waals surface area contributed by atoms with E-state index < -0.39 is 0 Å². The van der Waals surface area contributed by atoms with Gasteiger partial charge in [-0.05, 0) is 52.0 Å². The van der Waals surface area contributed by atoms with Crippen LogP contribution in [0.3, 0.4) is 0 Å². The molecule has 1 unspecified atom stereocenters. The molecule has 3 heterocycles. The van der Waals surface area contributed by atoms with Gasteiger partial charge in [-0.25, -0.2) is 0 Å². The summed E-state index contributed by atoms with van der Waals surface area (Å²) in [5.41, 5.74) is 1.97. The minimum atomic E-state index is 0.250. The van der Waals surface area contributed by atoms with E-state index >= 15 is 0 Å². The molecule has 0 N–H and O–H groups in total. The Bertz CT molecular complexity index is 643. The molecule has 1 fully saturated rings. The minimum absolute atomic E-state index is 0.250. The van der Waals surface area contributed by atoms with Gasteiger partial charge in [0, 0.05) is 43.5 Å². The molecular formula is C18H26N4O2. The third-order valence-corrected chi connectivity index (χ3v) is 4.97. The molecule has 0 aromatic carbocycles. The van der Waals surface area contributed by atoms with E-state index in [1.165, 1.54) is 6.42 Å². The molecule has 1 aliphatic rings. The van der Waals surface area contributed by atoms with E-state index in [2.05, 4.69) is 15.2 Å². The van der Waals surface area contributed by atoms with Crippen molar-refractivity contribution < 1.29 is 9.32 Å². The van der Waals surface area contributed by atoms with Crippen LogP contribution in [0.1, 0.15) is 49.1 Å². The van der Waals surface area contributed by atoms with Gasteiger partial charge in [0.15, 0.2) is 0 Å². The number of rotatable bonds is 6. The van der Waals surface area contributed by atoms with E-state index in [4.69, 9.17) is 4.52 Å². The smallest absolute Gasteiger partial charge is 0.223 e. The topological polar surface area (TPSA) is 64.2 Å². The van der Waals surface area contributed by atoms with E-state index in [9.17, 15) is 4.79 Å². The van der Waals surface area contributed by atoms with Crippen molar-refractivity contribution in [2.24, 2.45) is 0 Å². The number of nitrogens with zero attached hydrogens (tertiary/aromatic N) is 4.